The van der Waals surface area contributed by atoms with E-state index in [9.17, 15) is 0 Å². The summed E-state index contributed by atoms with van der Waals surface area (Å²) in [6.07, 6.45) is 0. The highest BCUT2D eigenvalue weighted by Gasteiger charge is 2.61. The van der Waals surface area contributed by atoms with Gasteiger partial charge in [-0.05, 0) is 27.7 Å². The van der Waals surface area contributed by atoms with Crippen molar-refractivity contribution in [1.82, 2.24) is 39.5 Å². The Kier molecular flexibility index (Phi) is 7.30. The van der Waals surface area contributed by atoms with Gasteiger partial charge < -0.3 is 21.3 Å². The molecule has 4 N–H and O–H groups in total. The summed E-state index contributed by atoms with van der Waals surface area (Å²) in [6, 6.07) is 2.28. The highest BCUT2D eigenvalue weighted by Crippen LogP contribution is 2.34. The predicted molar refractivity (Wildman–Crippen MR) is 122 cm³/mol. The lowest BCUT2D eigenvalue weighted by Gasteiger charge is -2.65. The second kappa shape index (κ2) is 9.58. The molecule has 0 spiro atoms. The van der Waals surface area contributed by atoms with Crippen molar-refractivity contribution >= 4 is 8.72 Å². The van der Waals surface area contributed by atoms with Gasteiger partial charge in [0.2, 0.25) is 0 Å². The van der Waals surface area contributed by atoms with Crippen LogP contribution < -0.4 is 21.3 Å². The minimum atomic E-state index is -2.27. The van der Waals surface area contributed by atoms with Gasteiger partial charge in [-0.1, -0.05) is 0 Å². The maximum atomic E-state index is 3.67. The summed E-state index contributed by atoms with van der Waals surface area (Å²) in [5.74, 6) is 0. The van der Waals surface area contributed by atoms with Gasteiger partial charge in [-0.15, -0.1) is 0 Å². The van der Waals surface area contributed by atoms with Crippen molar-refractivity contribution in [2.45, 2.75) is 51.9 Å². The quantitative estimate of drug-likeness (QED) is 0.411. The van der Waals surface area contributed by atoms with E-state index in [2.05, 4.69) is 67.2 Å². The second-order valence-corrected chi connectivity index (χ2v) is 13.1. The molecule has 4 atom stereocenters. The van der Waals surface area contributed by atoms with Crippen LogP contribution in [0.2, 0.25) is 0 Å². The van der Waals surface area contributed by atoms with Gasteiger partial charge >= 0.3 is 8.72 Å². The monoisotopic (exact) mass is 424 g/mol. The molecule has 168 valence electrons. The van der Waals surface area contributed by atoms with Gasteiger partial charge in [-0.25, -0.2) is 0 Å². The van der Waals surface area contributed by atoms with Crippen LogP contribution in [0.5, 0.6) is 0 Å². The molecule has 0 aromatic rings. The van der Waals surface area contributed by atoms with Crippen LogP contribution in [-0.4, -0.2) is 130 Å². The number of hydrogen-bond acceptors (Lipinski definition) is 8. The van der Waals surface area contributed by atoms with Crippen molar-refractivity contribution in [3.05, 3.63) is 0 Å². The van der Waals surface area contributed by atoms with Crippen molar-refractivity contribution in [1.29, 1.82) is 0 Å². The highest BCUT2D eigenvalue weighted by molar-refractivity contribution is 6.69. The minimum absolute atomic E-state index is 0.571. The van der Waals surface area contributed by atoms with Crippen LogP contribution in [0, 0.1) is 0 Å². The molecule has 0 aromatic carbocycles. The lowest BCUT2D eigenvalue weighted by atomic mass is 10.3. The van der Waals surface area contributed by atoms with E-state index < -0.39 is 8.72 Å². The number of rotatable bonds is 4. The Labute approximate surface area is 179 Å². The maximum absolute atomic E-state index is 3.67. The van der Waals surface area contributed by atoms with Crippen LogP contribution in [0.25, 0.3) is 0 Å². The third kappa shape index (κ3) is 4.06. The zero-order valence-electron chi connectivity index (χ0n) is 19.1. The molecular formula is C20H44N8Si. The fourth-order valence-corrected chi connectivity index (χ4v) is 12.5. The number of hydrogen-bond donors (Lipinski definition) is 4. The van der Waals surface area contributed by atoms with Crippen molar-refractivity contribution in [3.63, 3.8) is 0 Å². The molecule has 29 heavy (non-hydrogen) atoms. The van der Waals surface area contributed by atoms with Crippen LogP contribution in [0.15, 0.2) is 0 Å². The van der Waals surface area contributed by atoms with Gasteiger partial charge in [0.05, 0.1) is 0 Å². The fourth-order valence-electron chi connectivity index (χ4n) is 6.14. The van der Waals surface area contributed by atoms with E-state index in [0.717, 1.165) is 78.5 Å². The molecule has 4 aliphatic heterocycles. The molecular weight excluding hydrogens is 380 g/mol. The zero-order chi connectivity index (χ0) is 20.4. The number of nitrogens with one attached hydrogen (secondary N) is 4. The second-order valence-electron chi connectivity index (χ2n) is 9.59. The van der Waals surface area contributed by atoms with Crippen LogP contribution in [0.1, 0.15) is 27.7 Å². The molecule has 8 nitrogen and oxygen atoms in total. The van der Waals surface area contributed by atoms with Gasteiger partial charge in [0, 0.05) is 103 Å². The van der Waals surface area contributed by atoms with E-state index in [1.54, 1.807) is 0 Å². The van der Waals surface area contributed by atoms with Crippen LogP contribution >= 0.6 is 0 Å². The predicted octanol–water partition coefficient (Wildman–Crippen LogP) is -1.40. The molecule has 0 aromatic heterocycles. The summed E-state index contributed by atoms with van der Waals surface area (Å²) in [5.41, 5.74) is 0. The zero-order valence-corrected chi connectivity index (χ0v) is 20.1. The van der Waals surface area contributed by atoms with Crippen LogP contribution in [-0.2, 0) is 0 Å². The highest BCUT2D eigenvalue weighted by atomic mass is 28.4. The molecule has 4 heterocycles. The molecule has 9 heteroatoms. The summed E-state index contributed by atoms with van der Waals surface area (Å²) in [7, 11) is -2.27. The van der Waals surface area contributed by atoms with E-state index in [4.69, 9.17) is 0 Å². The first-order valence-corrected chi connectivity index (χ1v) is 13.8. The Morgan fingerprint density at radius 2 is 0.724 bits per heavy atom. The average molecular weight is 425 g/mol. The third-order valence-electron chi connectivity index (χ3n) is 7.55. The summed E-state index contributed by atoms with van der Waals surface area (Å²) in [4.78, 5) is 0. The third-order valence-corrected chi connectivity index (χ3v) is 13.3. The van der Waals surface area contributed by atoms with Gasteiger partial charge in [-0.2, -0.15) is 0 Å². The van der Waals surface area contributed by atoms with E-state index in [1.165, 1.54) is 0 Å². The van der Waals surface area contributed by atoms with E-state index in [1.807, 2.05) is 0 Å². The molecule has 4 rings (SSSR count). The van der Waals surface area contributed by atoms with Gasteiger partial charge in [0.15, 0.2) is 0 Å². The molecule has 4 unspecified atom stereocenters. The lowest BCUT2D eigenvalue weighted by Crippen LogP contribution is -2.91. The Hall–Kier alpha value is -0.103. The normalized spacial score (nSPS) is 39.3. The van der Waals surface area contributed by atoms with Gasteiger partial charge in [0.25, 0.3) is 0 Å². The van der Waals surface area contributed by atoms with Crippen LogP contribution in [0.4, 0.5) is 0 Å². The summed E-state index contributed by atoms with van der Waals surface area (Å²) >= 11 is 0. The van der Waals surface area contributed by atoms with Crippen molar-refractivity contribution in [2.24, 2.45) is 0 Å². The largest absolute Gasteiger partial charge is 0.378 e. The molecule has 0 amide bonds. The Bertz CT molecular complexity index is 443. The summed E-state index contributed by atoms with van der Waals surface area (Å²) in [6.45, 7) is 23.4. The smallest absolute Gasteiger partial charge is 0.314 e. The summed E-state index contributed by atoms with van der Waals surface area (Å²) < 4.78 is 12.0. The topological polar surface area (TPSA) is 61.1 Å². The molecule has 0 aliphatic carbocycles. The maximum Gasteiger partial charge on any atom is 0.378 e. The van der Waals surface area contributed by atoms with E-state index >= 15 is 0 Å². The van der Waals surface area contributed by atoms with Gasteiger partial charge in [-0.3, -0.25) is 18.3 Å². The fraction of sp³-hybridized carbons (Fsp3) is 1.00. The molecule has 4 saturated heterocycles. The Balaban J connectivity index is 1.85. The molecule has 4 fully saturated rings. The van der Waals surface area contributed by atoms with E-state index in [0.29, 0.717) is 24.2 Å². The molecule has 0 saturated carbocycles. The first kappa shape index (κ1) is 22.1. The summed E-state index contributed by atoms with van der Waals surface area (Å²) in [5, 5.41) is 14.7. The number of piperazine rings is 4. The van der Waals surface area contributed by atoms with E-state index in [-0.39, 0.29) is 0 Å². The van der Waals surface area contributed by atoms with Crippen LogP contribution in [0.3, 0.4) is 0 Å². The minimum Gasteiger partial charge on any atom is -0.314 e. The number of nitrogens with zero attached hydrogens (tertiary/aromatic N) is 4. The van der Waals surface area contributed by atoms with Crippen molar-refractivity contribution in [2.75, 3.05) is 78.5 Å². The first-order chi connectivity index (χ1) is 14.1. The van der Waals surface area contributed by atoms with Gasteiger partial charge in [0.1, 0.15) is 0 Å². The van der Waals surface area contributed by atoms with Crippen molar-refractivity contribution in [3.8, 4) is 0 Å². The molecule has 4 aliphatic rings. The Morgan fingerprint density at radius 3 is 0.931 bits per heavy atom. The standard InChI is InChI=1S/C20H44N8Si/c1-17-13-21-5-9-25(17)29(26-10-6-22-14-18(26)2,27-11-7-23-15-19(27)3)28-12-8-24-16-20(28)4/h17-24H,5-16H2,1-4H3. The average Bonchev–Trinajstić information content (AvgIpc) is 2.73. The SMILES string of the molecule is CC1CNCCN1[Si](N1CCNCC1C)(N1CCNCC1C)N1CCNCC1C. The van der Waals surface area contributed by atoms with Crippen molar-refractivity contribution < 1.29 is 0 Å². The first-order valence-electron chi connectivity index (χ1n) is 12.0. The molecule has 0 radical (unpaired) electrons. The molecule has 0 bridgehead atoms. The lowest BCUT2D eigenvalue weighted by molar-refractivity contribution is 0.0686. The Morgan fingerprint density at radius 1 is 0.483 bits per heavy atom.